The van der Waals surface area contributed by atoms with Crippen LogP contribution in [-0.2, 0) is 16.1 Å². The summed E-state index contributed by atoms with van der Waals surface area (Å²) in [5.41, 5.74) is 1.09. The number of nitrogens with one attached hydrogen (secondary N) is 1. The number of carbonyl (C=O) groups is 2. The lowest BCUT2D eigenvalue weighted by Gasteiger charge is -2.16. The van der Waals surface area contributed by atoms with Gasteiger partial charge in [0, 0.05) is 11.0 Å². The topological polar surface area (TPSA) is 69.6 Å². The molecule has 0 saturated carbocycles. The van der Waals surface area contributed by atoms with Crippen molar-refractivity contribution in [2.45, 2.75) is 6.54 Å². The van der Waals surface area contributed by atoms with Gasteiger partial charge in [0.05, 0.1) is 6.54 Å². The van der Waals surface area contributed by atoms with Crippen molar-refractivity contribution in [3.05, 3.63) is 34.3 Å². The number of amides is 1. The standard InChI is InChI=1S/C12H15BrN2O3/c1-15(8-11(16)14-6-12(17)18)7-9-2-4-10(13)5-3-9/h2-5H,6-8H2,1H3,(H,14,16)(H,17,18). The van der Waals surface area contributed by atoms with Gasteiger partial charge in [-0.1, -0.05) is 28.1 Å². The predicted octanol–water partition coefficient (Wildman–Crippen LogP) is 1.08. The van der Waals surface area contributed by atoms with Crippen LogP contribution in [0.5, 0.6) is 0 Å². The van der Waals surface area contributed by atoms with E-state index in [0.29, 0.717) is 6.54 Å². The molecule has 2 N–H and O–H groups in total. The van der Waals surface area contributed by atoms with Crippen LogP contribution in [0.15, 0.2) is 28.7 Å². The van der Waals surface area contributed by atoms with Crippen LogP contribution in [0.4, 0.5) is 0 Å². The Morgan fingerprint density at radius 2 is 1.94 bits per heavy atom. The molecular formula is C12H15BrN2O3. The van der Waals surface area contributed by atoms with Crippen molar-refractivity contribution in [3.63, 3.8) is 0 Å². The van der Waals surface area contributed by atoms with Crippen molar-refractivity contribution in [1.82, 2.24) is 10.2 Å². The van der Waals surface area contributed by atoms with Crippen LogP contribution in [0.25, 0.3) is 0 Å². The summed E-state index contributed by atoms with van der Waals surface area (Å²) in [7, 11) is 1.81. The van der Waals surface area contributed by atoms with E-state index < -0.39 is 5.97 Å². The average molecular weight is 315 g/mol. The van der Waals surface area contributed by atoms with E-state index in [-0.39, 0.29) is 19.0 Å². The first-order chi connectivity index (χ1) is 8.47. The summed E-state index contributed by atoms with van der Waals surface area (Å²) in [6, 6.07) is 7.81. The first kappa shape index (κ1) is 14.7. The number of rotatable bonds is 6. The van der Waals surface area contributed by atoms with E-state index in [1.807, 2.05) is 36.2 Å². The fourth-order valence-corrected chi connectivity index (χ4v) is 1.70. The summed E-state index contributed by atoms with van der Waals surface area (Å²) >= 11 is 3.35. The zero-order valence-corrected chi connectivity index (χ0v) is 11.6. The van der Waals surface area contributed by atoms with Gasteiger partial charge in [0.2, 0.25) is 5.91 Å². The maximum absolute atomic E-state index is 11.4. The Hall–Kier alpha value is -1.40. The highest BCUT2D eigenvalue weighted by Crippen LogP contribution is 2.11. The highest BCUT2D eigenvalue weighted by atomic mass is 79.9. The van der Waals surface area contributed by atoms with Crippen molar-refractivity contribution in [2.75, 3.05) is 20.1 Å². The minimum Gasteiger partial charge on any atom is -0.480 e. The molecule has 1 rings (SSSR count). The third-order valence-electron chi connectivity index (χ3n) is 2.22. The van der Waals surface area contributed by atoms with Gasteiger partial charge in [-0.3, -0.25) is 14.5 Å². The summed E-state index contributed by atoms with van der Waals surface area (Å²) in [6.45, 7) is 0.460. The van der Waals surface area contributed by atoms with Gasteiger partial charge >= 0.3 is 5.97 Å². The second kappa shape index (κ2) is 7.13. The number of hydrogen-bond acceptors (Lipinski definition) is 3. The minimum absolute atomic E-state index is 0.170. The van der Waals surface area contributed by atoms with E-state index in [0.717, 1.165) is 10.0 Å². The van der Waals surface area contributed by atoms with E-state index >= 15 is 0 Å². The van der Waals surface area contributed by atoms with Crippen molar-refractivity contribution >= 4 is 27.8 Å². The fraction of sp³-hybridized carbons (Fsp3) is 0.333. The summed E-state index contributed by atoms with van der Waals surface area (Å²) in [6.07, 6.45) is 0. The molecule has 0 heterocycles. The molecule has 18 heavy (non-hydrogen) atoms. The Labute approximate surface area is 114 Å². The highest BCUT2D eigenvalue weighted by molar-refractivity contribution is 9.10. The molecule has 6 heteroatoms. The molecule has 98 valence electrons. The molecular weight excluding hydrogens is 300 g/mol. The average Bonchev–Trinajstić information content (AvgIpc) is 2.29. The normalized spacial score (nSPS) is 10.4. The van der Waals surface area contributed by atoms with E-state index in [1.165, 1.54) is 0 Å². The lowest BCUT2D eigenvalue weighted by molar-refractivity contribution is -0.138. The zero-order chi connectivity index (χ0) is 13.5. The third kappa shape index (κ3) is 5.79. The molecule has 0 unspecified atom stereocenters. The molecule has 0 atom stereocenters. The SMILES string of the molecule is CN(CC(=O)NCC(=O)O)Cc1ccc(Br)cc1. The maximum atomic E-state index is 11.4. The third-order valence-corrected chi connectivity index (χ3v) is 2.74. The molecule has 0 aliphatic heterocycles. The molecule has 5 nitrogen and oxygen atoms in total. The largest absolute Gasteiger partial charge is 0.480 e. The monoisotopic (exact) mass is 314 g/mol. The molecule has 0 aliphatic carbocycles. The van der Waals surface area contributed by atoms with E-state index in [2.05, 4.69) is 21.2 Å². The van der Waals surface area contributed by atoms with Crippen LogP contribution in [0.2, 0.25) is 0 Å². The second-order valence-electron chi connectivity index (χ2n) is 3.97. The molecule has 1 amide bonds. The van der Waals surface area contributed by atoms with Gasteiger partial charge in [-0.25, -0.2) is 0 Å². The number of carbonyl (C=O) groups excluding carboxylic acids is 1. The van der Waals surface area contributed by atoms with Crippen molar-refractivity contribution in [3.8, 4) is 0 Å². The molecule has 1 aromatic rings. The fourth-order valence-electron chi connectivity index (χ4n) is 1.43. The molecule has 1 aromatic carbocycles. The summed E-state index contributed by atoms with van der Waals surface area (Å²) in [4.78, 5) is 23.5. The van der Waals surface area contributed by atoms with Gasteiger partial charge in [-0.15, -0.1) is 0 Å². The number of carboxylic acids is 1. The summed E-state index contributed by atoms with van der Waals surface area (Å²) in [5, 5.41) is 10.7. The number of halogens is 1. The smallest absolute Gasteiger partial charge is 0.322 e. The first-order valence-electron chi connectivity index (χ1n) is 5.39. The Kier molecular flexibility index (Phi) is 5.80. The minimum atomic E-state index is -1.04. The Balaban J connectivity index is 2.36. The number of aliphatic carboxylic acids is 1. The van der Waals surface area contributed by atoms with Crippen molar-refractivity contribution < 1.29 is 14.7 Å². The summed E-state index contributed by atoms with van der Waals surface area (Å²) in [5.74, 6) is -1.34. The van der Waals surface area contributed by atoms with Gasteiger partial charge in [-0.2, -0.15) is 0 Å². The van der Waals surface area contributed by atoms with Crippen LogP contribution in [0, 0.1) is 0 Å². The molecule has 0 fully saturated rings. The zero-order valence-electron chi connectivity index (χ0n) is 10.0. The first-order valence-corrected chi connectivity index (χ1v) is 6.18. The number of carboxylic acid groups (broad SMARTS) is 1. The van der Waals surface area contributed by atoms with Crippen LogP contribution < -0.4 is 5.32 Å². The number of nitrogens with zero attached hydrogens (tertiary/aromatic N) is 1. The highest BCUT2D eigenvalue weighted by Gasteiger charge is 2.08. The number of hydrogen-bond donors (Lipinski definition) is 2. The Morgan fingerprint density at radius 3 is 2.50 bits per heavy atom. The molecule has 0 saturated heterocycles. The van der Waals surface area contributed by atoms with Gasteiger partial charge in [0.15, 0.2) is 0 Å². The quantitative estimate of drug-likeness (QED) is 0.824. The van der Waals surface area contributed by atoms with Crippen molar-refractivity contribution in [1.29, 1.82) is 0 Å². The molecule has 0 spiro atoms. The Bertz CT molecular complexity index is 420. The number of benzene rings is 1. The van der Waals surface area contributed by atoms with E-state index in [4.69, 9.17) is 5.11 Å². The molecule has 0 aliphatic rings. The predicted molar refractivity (Wildman–Crippen MR) is 71.1 cm³/mol. The van der Waals surface area contributed by atoms with Crippen LogP contribution in [0.1, 0.15) is 5.56 Å². The van der Waals surface area contributed by atoms with Crippen LogP contribution in [0.3, 0.4) is 0 Å². The number of likely N-dealkylation sites (N-methyl/N-ethyl adjacent to an activating group) is 1. The van der Waals surface area contributed by atoms with Crippen LogP contribution >= 0.6 is 15.9 Å². The van der Waals surface area contributed by atoms with Gasteiger partial charge in [0.25, 0.3) is 0 Å². The second-order valence-corrected chi connectivity index (χ2v) is 4.88. The van der Waals surface area contributed by atoms with E-state index in [9.17, 15) is 9.59 Å². The van der Waals surface area contributed by atoms with Crippen LogP contribution in [-0.4, -0.2) is 42.0 Å². The van der Waals surface area contributed by atoms with Gasteiger partial charge < -0.3 is 10.4 Å². The lowest BCUT2D eigenvalue weighted by Crippen LogP contribution is -2.37. The summed E-state index contributed by atoms with van der Waals surface area (Å²) < 4.78 is 1.01. The molecule has 0 radical (unpaired) electrons. The maximum Gasteiger partial charge on any atom is 0.322 e. The lowest BCUT2D eigenvalue weighted by atomic mass is 10.2. The molecule has 0 bridgehead atoms. The van der Waals surface area contributed by atoms with Crippen molar-refractivity contribution in [2.24, 2.45) is 0 Å². The van der Waals surface area contributed by atoms with E-state index in [1.54, 1.807) is 0 Å². The Morgan fingerprint density at radius 1 is 1.33 bits per heavy atom. The van der Waals surface area contributed by atoms with Gasteiger partial charge in [0.1, 0.15) is 6.54 Å². The molecule has 0 aromatic heterocycles. The van der Waals surface area contributed by atoms with Gasteiger partial charge in [-0.05, 0) is 24.7 Å².